The van der Waals surface area contributed by atoms with E-state index in [2.05, 4.69) is 0 Å². The number of carbonyl (C=O) groups excluding carboxylic acids is 2. The maximum atomic E-state index is 11.7. The van der Waals surface area contributed by atoms with Crippen molar-refractivity contribution in [2.75, 3.05) is 0 Å². The molecule has 0 spiro atoms. The highest BCUT2D eigenvalue weighted by Gasteiger charge is 2.46. The summed E-state index contributed by atoms with van der Waals surface area (Å²) in [5.41, 5.74) is 3.36. The number of rotatable bonds is 0. The van der Waals surface area contributed by atoms with E-state index in [0.717, 1.165) is 24.0 Å². The molecule has 2 nitrogen and oxygen atoms in total. The fourth-order valence-corrected chi connectivity index (χ4v) is 3.15. The Balaban J connectivity index is 2.08. The van der Waals surface area contributed by atoms with Gasteiger partial charge in [-0.1, -0.05) is 11.1 Å². The molecule has 0 aromatic carbocycles. The molecule has 14 heavy (non-hydrogen) atoms. The Kier molecular flexibility index (Phi) is 1.42. The van der Waals surface area contributed by atoms with Crippen LogP contribution in [0.1, 0.15) is 26.2 Å². The van der Waals surface area contributed by atoms with Crippen LogP contribution in [-0.4, -0.2) is 11.6 Å². The minimum Gasteiger partial charge on any atom is -0.295 e. The zero-order valence-electron chi connectivity index (χ0n) is 8.17. The molecule has 2 atom stereocenters. The van der Waals surface area contributed by atoms with Crippen LogP contribution < -0.4 is 0 Å². The molecule has 3 aliphatic rings. The molecule has 0 aromatic heterocycles. The summed E-state index contributed by atoms with van der Waals surface area (Å²) in [6.45, 7) is 1.98. The van der Waals surface area contributed by atoms with E-state index in [1.54, 1.807) is 6.08 Å². The third-order valence-electron chi connectivity index (χ3n) is 3.74. The summed E-state index contributed by atoms with van der Waals surface area (Å²) >= 11 is 0. The number of ketones is 2. The second kappa shape index (κ2) is 2.44. The van der Waals surface area contributed by atoms with Crippen molar-refractivity contribution >= 4 is 11.6 Å². The number of hydrogen-bond donors (Lipinski definition) is 0. The van der Waals surface area contributed by atoms with Crippen LogP contribution >= 0.6 is 0 Å². The van der Waals surface area contributed by atoms with Crippen LogP contribution in [0.5, 0.6) is 0 Å². The Labute approximate surface area is 82.7 Å². The standard InChI is InChI=1S/C12H12O2/c1-6-4-10(14)8-5-7-2-3-9(13)12(7)11(6)8/h4,8,11H,2-3,5H2,1H3. The SMILES string of the molecule is CC1=CC(=O)C2CC3=C(C(=O)CC3)C12. The van der Waals surface area contributed by atoms with Gasteiger partial charge in [-0.05, 0) is 25.8 Å². The summed E-state index contributed by atoms with van der Waals surface area (Å²) in [6.07, 6.45) is 4.15. The summed E-state index contributed by atoms with van der Waals surface area (Å²) < 4.78 is 0. The van der Waals surface area contributed by atoms with Crippen molar-refractivity contribution in [2.24, 2.45) is 11.8 Å². The van der Waals surface area contributed by atoms with Crippen molar-refractivity contribution < 1.29 is 9.59 Å². The second-order valence-electron chi connectivity index (χ2n) is 4.52. The normalized spacial score (nSPS) is 35.1. The quantitative estimate of drug-likeness (QED) is 0.581. The van der Waals surface area contributed by atoms with Gasteiger partial charge in [-0.15, -0.1) is 0 Å². The Morgan fingerprint density at radius 1 is 1.29 bits per heavy atom. The number of carbonyl (C=O) groups is 2. The Hall–Kier alpha value is -1.18. The lowest BCUT2D eigenvalue weighted by atomic mass is 9.88. The van der Waals surface area contributed by atoms with Gasteiger partial charge in [0.2, 0.25) is 0 Å². The van der Waals surface area contributed by atoms with Crippen molar-refractivity contribution in [1.29, 1.82) is 0 Å². The molecule has 0 saturated heterocycles. The van der Waals surface area contributed by atoms with Gasteiger partial charge in [0.05, 0.1) is 0 Å². The van der Waals surface area contributed by atoms with Gasteiger partial charge in [-0.2, -0.15) is 0 Å². The maximum Gasteiger partial charge on any atom is 0.159 e. The maximum absolute atomic E-state index is 11.7. The first-order chi connectivity index (χ1) is 6.68. The van der Waals surface area contributed by atoms with E-state index in [1.807, 2.05) is 6.92 Å². The van der Waals surface area contributed by atoms with Gasteiger partial charge in [0, 0.05) is 23.8 Å². The minimum atomic E-state index is 0.0873. The molecule has 0 radical (unpaired) electrons. The van der Waals surface area contributed by atoms with Crippen LogP contribution in [0, 0.1) is 11.8 Å². The number of hydrogen-bond acceptors (Lipinski definition) is 2. The number of allylic oxidation sites excluding steroid dienone is 4. The zero-order chi connectivity index (χ0) is 9.87. The molecule has 0 N–H and O–H groups in total. The van der Waals surface area contributed by atoms with E-state index in [4.69, 9.17) is 0 Å². The Morgan fingerprint density at radius 2 is 2.07 bits per heavy atom. The summed E-state index contributed by atoms with van der Waals surface area (Å²) in [7, 11) is 0. The molecule has 72 valence electrons. The monoisotopic (exact) mass is 188 g/mol. The van der Waals surface area contributed by atoms with E-state index < -0.39 is 0 Å². The van der Waals surface area contributed by atoms with Crippen molar-refractivity contribution in [3.63, 3.8) is 0 Å². The van der Waals surface area contributed by atoms with Crippen molar-refractivity contribution in [3.8, 4) is 0 Å². The average molecular weight is 188 g/mol. The molecule has 0 amide bonds. The van der Waals surface area contributed by atoms with Crippen LogP contribution in [0.15, 0.2) is 22.8 Å². The summed E-state index contributed by atoms with van der Waals surface area (Å²) in [5.74, 6) is 0.765. The van der Waals surface area contributed by atoms with Crippen molar-refractivity contribution in [2.45, 2.75) is 26.2 Å². The molecular formula is C12H12O2. The number of Topliss-reactive ketones (excluding diaryl/α,β-unsaturated/α-hetero) is 1. The van der Waals surface area contributed by atoms with Crippen LogP contribution in [0.2, 0.25) is 0 Å². The fourth-order valence-electron chi connectivity index (χ4n) is 3.15. The van der Waals surface area contributed by atoms with Crippen LogP contribution in [0.3, 0.4) is 0 Å². The molecule has 2 heteroatoms. The number of fused-ring (bicyclic) bond motifs is 2. The van der Waals surface area contributed by atoms with E-state index >= 15 is 0 Å². The first-order valence-corrected chi connectivity index (χ1v) is 5.15. The largest absolute Gasteiger partial charge is 0.295 e. The van der Waals surface area contributed by atoms with Gasteiger partial charge >= 0.3 is 0 Å². The lowest BCUT2D eigenvalue weighted by Gasteiger charge is -2.13. The predicted octanol–water partition coefficient (Wildman–Crippen LogP) is 1.81. The van der Waals surface area contributed by atoms with Gasteiger partial charge < -0.3 is 0 Å². The highest BCUT2D eigenvalue weighted by Crippen LogP contribution is 2.50. The van der Waals surface area contributed by atoms with Gasteiger partial charge in [0.1, 0.15) is 0 Å². The molecule has 0 fully saturated rings. The highest BCUT2D eigenvalue weighted by atomic mass is 16.1. The average Bonchev–Trinajstić information content (AvgIpc) is 2.71. The minimum absolute atomic E-state index is 0.0873. The van der Waals surface area contributed by atoms with Crippen LogP contribution in [0.4, 0.5) is 0 Å². The molecule has 0 aromatic rings. The Morgan fingerprint density at radius 3 is 2.86 bits per heavy atom. The van der Waals surface area contributed by atoms with Crippen LogP contribution in [-0.2, 0) is 9.59 Å². The van der Waals surface area contributed by atoms with Gasteiger partial charge in [-0.25, -0.2) is 0 Å². The topological polar surface area (TPSA) is 34.1 Å². The van der Waals surface area contributed by atoms with E-state index in [1.165, 1.54) is 5.57 Å². The first-order valence-electron chi connectivity index (χ1n) is 5.15. The third kappa shape index (κ3) is 0.813. The molecule has 0 saturated carbocycles. The summed E-state index contributed by atoms with van der Waals surface area (Å²) in [4.78, 5) is 23.2. The molecular weight excluding hydrogens is 176 g/mol. The highest BCUT2D eigenvalue weighted by molar-refractivity contribution is 6.06. The molecule has 2 unspecified atom stereocenters. The van der Waals surface area contributed by atoms with Gasteiger partial charge in [0.25, 0.3) is 0 Å². The molecule has 0 aliphatic heterocycles. The lowest BCUT2D eigenvalue weighted by Crippen LogP contribution is -2.16. The smallest absolute Gasteiger partial charge is 0.159 e. The zero-order valence-corrected chi connectivity index (χ0v) is 8.17. The summed E-state index contributed by atoms with van der Waals surface area (Å²) in [6, 6.07) is 0. The van der Waals surface area contributed by atoms with Crippen molar-refractivity contribution in [3.05, 3.63) is 22.8 Å². The molecule has 3 aliphatic carbocycles. The van der Waals surface area contributed by atoms with Crippen molar-refractivity contribution in [1.82, 2.24) is 0 Å². The third-order valence-corrected chi connectivity index (χ3v) is 3.74. The van der Waals surface area contributed by atoms with Gasteiger partial charge in [0.15, 0.2) is 11.6 Å². The van der Waals surface area contributed by atoms with Crippen LogP contribution in [0.25, 0.3) is 0 Å². The molecule has 0 heterocycles. The lowest BCUT2D eigenvalue weighted by molar-refractivity contribution is -0.118. The molecule has 0 bridgehead atoms. The van der Waals surface area contributed by atoms with E-state index in [9.17, 15) is 9.59 Å². The Bertz CT molecular complexity index is 412. The van der Waals surface area contributed by atoms with E-state index in [-0.39, 0.29) is 23.4 Å². The summed E-state index contributed by atoms with van der Waals surface area (Å²) in [5, 5.41) is 0. The molecule has 3 rings (SSSR count). The predicted molar refractivity (Wildman–Crippen MR) is 51.6 cm³/mol. The first kappa shape index (κ1) is 8.16. The second-order valence-corrected chi connectivity index (χ2v) is 4.52. The van der Waals surface area contributed by atoms with E-state index in [0.29, 0.717) is 6.42 Å². The van der Waals surface area contributed by atoms with Gasteiger partial charge in [-0.3, -0.25) is 9.59 Å². The fraction of sp³-hybridized carbons (Fsp3) is 0.500.